The van der Waals surface area contributed by atoms with Gasteiger partial charge in [-0.05, 0) is 29.3 Å². The van der Waals surface area contributed by atoms with Gasteiger partial charge in [0, 0.05) is 24.0 Å². The van der Waals surface area contributed by atoms with Crippen molar-refractivity contribution < 1.29 is 27.2 Å². The Kier molecular flexibility index (Phi) is 7.41. The summed E-state index contributed by atoms with van der Waals surface area (Å²) < 4.78 is 51.3. The van der Waals surface area contributed by atoms with Gasteiger partial charge in [-0.2, -0.15) is 13.2 Å². The van der Waals surface area contributed by atoms with E-state index in [0.29, 0.717) is 16.0 Å². The maximum Gasteiger partial charge on any atom is 0.416 e. The lowest BCUT2D eigenvalue weighted by Crippen LogP contribution is -2.39. The van der Waals surface area contributed by atoms with Crippen LogP contribution in [0.4, 0.5) is 27.5 Å². The van der Waals surface area contributed by atoms with Crippen LogP contribution in [0.5, 0.6) is 0 Å². The molecular weight excluding hydrogens is 448 g/mol. The van der Waals surface area contributed by atoms with Crippen molar-refractivity contribution in [3.8, 4) is 0 Å². The summed E-state index contributed by atoms with van der Waals surface area (Å²) >= 11 is 1.13. The molecule has 0 saturated carbocycles. The number of carbonyl (C=O) groups excluding carboxylic acids is 2. The number of thiazole rings is 1. The molecule has 1 aromatic heterocycles. The molecule has 0 aliphatic heterocycles. The molecule has 0 spiro atoms. The first kappa shape index (κ1) is 23.2. The third kappa shape index (κ3) is 7.05. The summed E-state index contributed by atoms with van der Waals surface area (Å²) in [6, 6.07) is 10.0. The Labute approximate surface area is 184 Å². The van der Waals surface area contributed by atoms with Gasteiger partial charge in [0.15, 0.2) is 5.13 Å². The van der Waals surface area contributed by atoms with E-state index >= 15 is 0 Å². The monoisotopic (exact) mass is 466 g/mol. The summed E-state index contributed by atoms with van der Waals surface area (Å²) in [5, 5.41) is 7.72. The Balaban J connectivity index is 1.44. The number of carbonyl (C=O) groups is 2. The van der Waals surface area contributed by atoms with E-state index in [4.69, 9.17) is 0 Å². The van der Waals surface area contributed by atoms with Gasteiger partial charge < -0.3 is 16.0 Å². The minimum atomic E-state index is -4.42. The van der Waals surface area contributed by atoms with Crippen LogP contribution in [0, 0.1) is 5.82 Å². The van der Waals surface area contributed by atoms with Gasteiger partial charge >= 0.3 is 12.2 Å². The van der Waals surface area contributed by atoms with Crippen molar-refractivity contribution in [2.24, 2.45) is 0 Å². The molecule has 32 heavy (non-hydrogen) atoms. The van der Waals surface area contributed by atoms with Crippen LogP contribution in [0.3, 0.4) is 0 Å². The van der Waals surface area contributed by atoms with Gasteiger partial charge in [-0.3, -0.25) is 4.79 Å². The van der Waals surface area contributed by atoms with Crippen LogP contribution < -0.4 is 16.0 Å². The Morgan fingerprint density at radius 2 is 1.75 bits per heavy atom. The van der Waals surface area contributed by atoms with E-state index in [1.165, 1.54) is 36.5 Å². The number of hydrogen-bond acceptors (Lipinski definition) is 4. The quantitative estimate of drug-likeness (QED) is 0.454. The first-order valence-corrected chi connectivity index (χ1v) is 10.2. The fourth-order valence-corrected chi connectivity index (χ4v) is 3.54. The number of amides is 3. The maximum atomic E-state index is 12.9. The molecule has 3 N–H and O–H groups in total. The lowest BCUT2D eigenvalue weighted by molar-refractivity contribution is -0.137. The molecule has 0 fully saturated rings. The fourth-order valence-electron chi connectivity index (χ4n) is 2.68. The van der Waals surface area contributed by atoms with E-state index in [9.17, 15) is 27.2 Å². The number of halogens is 4. The largest absolute Gasteiger partial charge is 0.416 e. The fraction of sp³-hybridized carbons (Fsp3) is 0.190. The van der Waals surface area contributed by atoms with Crippen LogP contribution >= 0.6 is 11.3 Å². The van der Waals surface area contributed by atoms with Crippen LogP contribution in [0.1, 0.15) is 21.6 Å². The highest BCUT2D eigenvalue weighted by molar-refractivity contribution is 7.15. The third-order valence-corrected chi connectivity index (χ3v) is 5.12. The summed E-state index contributed by atoms with van der Waals surface area (Å²) in [6.45, 7) is -0.142. The second kappa shape index (κ2) is 10.2. The number of rotatable bonds is 7. The smallest absolute Gasteiger partial charge is 0.334 e. The summed E-state index contributed by atoms with van der Waals surface area (Å²) in [4.78, 5) is 28.5. The van der Waals surface area contributed by atoms with E-state index in [1.54, 1.807) is 6.07 Å². The van der Waals surface area contributed by atoms with Crippen LogP contribution in [0.15, 0.2) is 54.7 Å². The highest BCUT2D eigenvalue weighted by Crippen LogP contribution is 2.30. The van der Waals surface area contributed by atoms with Crippen molar-refractivity contribution in [3.05, 3.63) is 82.1 Å². The molecule has 6 nitrogen and oxygen atoms in total. The van der Waals surface area contributed by atoms with E-state index < -0.39 is 23.7 Å². The van der Waals surface area contributed by atoms with Gasteiger partial charge in [-0.1, -0.05) is 30.3 Å². The molecule has 0 atom stereocenters. The normalized spacial score (nSPS) is 11.1. The lowest BCUT2D eigenvalue weighted by Gasteiger charge is -2.08. The molecule has 0 aliphatic carbocycles. The second-order valence-corrected chi connectivity index (χ2v) is 7.83. The van der Waals surface area contributed by atoms with Crippen LogP contribution in [-0.2, 0) is 23.9 Å². The minimum Gasteiger partial charge on any atom is -0.334 e. The highest BCUT2D eigenvalue weighted by Gasteiger charge is 2.30. The number of urea groups is 1. The maximum absolute atomic E-state index is 12.9. The van der Waals surface area contributed by atoms with Crippen LogP contribution in [0.2, 0.25) is 0 Å². The molecule has 0 aliphatic rings. The van der Waals surface area contributed by atoms with Crippen molar-refractivity contribution in [1.82, 2.24) is 15.6 Å². The molecule has 3 amide bonds. The summed E-state index contributed by atoms with van der Waals surface area (Å²) in [7, 11) is 0. The van der Waals surface area contributed by atoms with Crippen molar-refractivity contribution in [2.45, 2.75) is 19.1 Å². The number of aromatic nitrogens is 1. The van der Waals surface area contributed by atoms with Gasteiger partial charge in [-0.25, -0.2) is 14.2 Å². The van der Waals surface area contributed by atoms with Gasteiger partial charge in [0.05, 0.1) is 12.1 Å². The molecule has 0 radical (unpaired) electrons. The molecule has 2 aromatic carbocycles. The topological polar surface area (TPSA) is 83.1 Å². The van der Waals surface area contributed by atoms with E-state index in [-0.39, 0.29) is 30.5 Å². The van der Waals surface area contributed by atoms with Gasteiger partial charge in [0.2, 0.25) is 5.91 Å². The van der Waals surface area contributed by atoms with Crippen LogP contribution in [0.25, 0.3) is 0 Å². The zero-order valence-electron chi connectivity index (χ0n) is 16.5. The standard InChI is InChI=1S/C21H18F4N4O2S/c22-16-6-4-13(5-7-16)10-26-19(31)27-12-18(30)29-20-28-11-17(32-20)9-14-2-1-3-15(8-14)21(23,24)25/h1-8,11H,9-10,12H2,(H2,26,27,31)(H,28,29,30). The Hall–Kier alpha value is -3.47. The number of alkyl halides is 3. The van der Waals surface area contributed by atoms with Crippen molar-refractivity contribution in [2.75, 3.05) is 11.9 Å². The van der Waals surface area contributed by atoms with E-state index in [0.717, 1.165) is 23.5 Å². The second-order valence-electron chi connectivity index (χ2n) is 6.72. The average Bonchev–Trinajstić information content (AvgIpc) is 3.18. The van der Waals surface area contributed by atoms with Crippen molar-refractivity contribution in [1.29, 1.82) is 0 Å². The molecule has 1 heterocycles. The molecule has 0 bridgehead atoms. The number of nitrogens with zero attached hydrogens (tertiary/aromatic N) is 1. The van der Waals surface area contributed by atoms with Gasteiger partial charge in [0.25, 0.3) is 0 Å². The zero-order chi connectivity index (χ0) is 23.1. The van der Waals surface area contributed by atoms with Crippen LogP contribution in [-0.4, -0.2) is 23.5 Å². The summed E-state index contributed by atoms with van der Waals surface area (Å²) in [6.07, 6.45) is -2.70. The predicted molar refractivity (Wildman–Crippen MR) is 112 cm³/mol. The Morgan fingerprint density at radius 3 is 2.47 bits per heavy atom. The predicted octanol–water partition coefficient (Wildman–Crippen LogP) is 4.33. The lowest BCUT2D eigenvalue weighted by atomic mass is 10.1. The third-order valence-electron chi connectivity index (χ3n) is 4.21. The molecule has 168 valence electrons. The van der Waals surface area contributed by atoms with Gasteiger partial charge in [-0.15, -0.1) is 11.3 Å². The van der Waals surface area contributed by atoms with E-state index in [1.807, 2.05) is 0 Å². The Morgan fingerprint density at radius 1 is 1.00 bits per heavy atom. The molecule has 0 saturated heterocycles. The number of anilines is 1. The number of hydrogen-bond donors (Lipinski definition) is 3. The molecule has 0 unspecified atom stereocenters. The number of benzene rings is 2. The SMILES string of the molecule is O=C(CNC(=O)NCc1ccc(F)cc1)Nc1ncc(Cc2cccc(C(F)(F)F)c2)s1. The molecular formula is C21H18F4N4O2S. The summed E-state index contributed by atoms with van der Waals surface area (Å²) in [5.41, 5.74) is 0.444. The van der Waals surface area contributed by atoms with Crippen molar-refractivity contribution >= 4 is 28.4 Å². The summed E-state index contributed by atoms with van der Waals surface area (Å²) in [5.74, 6) is -0.892. The highest BCUT2D eigenvalue weighted by atomic mass is 32.1. The first-order chi connectivity index (χ1) is 15.2. The minimum absolute atomic E-state index is 0.166. The van der Waals surface area contributed by atoms with Gasteiger partial charge in [0.1, 0.15) is 5.82 Å². The average molecular weight is 466 g/mol. The molecule has 3 rings (SSSR count). The first-order valence-electron chi connectivity index (χ1n) is 9.36. The zero-order valence-corrected chi connectivity index (χ0v) is 17.3. The Bertz CT molecular complexity index is 1080. The number of nitrogens with one attached hydrogen (secondary N) is 3. The molecule has 11 heteroatoms. The van der Waals surface area contributed by atoms with E-state index in [2.05, 4.69) is 20.9 Å². The molecule has 3 aromatic rings. The van der Waals surface area contributed by atoms with Crippen molar-refractivity contribution in [3.63, 3.8) is 0 Å².